The minimum Gasteiger partial charge on any atom is -0.480 e. The number of nitrogens with two attached hydrogens (primary N) is 1. The molecule has 240 valence electrons. The van der Waals surface area contributed by atoms with Crippen molar-refractivity contribution in [2.45, 2.75) is 70.1 Å². The Morgan fingerprint density at radius 2 is 1.82 bits per heavy atom. The van der Waals surface area contributed by atoms with Crippen LogP contribution in [0.2, 0.25) is 5.02 Å². The first-order chi connectivity index (χ1) is 20.5. The third kappa shape index (κ3) is 7.78. The maximum Gasteiger partial charge on any atom is 0.429 e. The van der Waals surface area contributed by atoms with Gasteiger partial charge in [-0.25, -0.2) is 9.97 Å². The first kappa shape index (κ1) is 34.6. The minimum absolute atomic E-state index is 0. The summed E-state index contributed by atoms with van der Waals surface area (Å²) in [7, 11) is 0. The second-order valence-corrected chi connectivity index (χ2v) is 13.3. The molecule has 0 saturated carbocycles. The molecule has 3 N–H and O–H groups in total. The fraction of sp³-hybridized carbons (Fsp3) is 0.344. The summed E-state index contributed by atoms with van der Waals surface area (Å²) in [5, 5.41) is 11.2. The lowest BCUT2D eigenvalue weighted by molar-refractivity contribution is -0.198. The van der Waals surface area contributed by atoms with E-state index in [2.05, 4.69) is 9.97 Å². The molecule has 0 spiro atoms. The van der Waals surface area contributed by atoms with Crippen molar-refractivity contribution in [2.24, 2.45) is 5.73 Å². The SMILES string of the molecule is CC1(C)C=C(c2cc(Cl)ccc2[C@@H](Oc2ncnc3c(-c4ccc(CC(N)C(=O)O)cc4)csc23)C(F)(F)F)CC(C)(C)O1.Cl. The maximum absolute atomic E-state index is 14.8. The van der Waals surface area contributed by atoms with Gasteiger partial charge in [-0.2, -0.15) is 13.2 Å². The van der Waals surface area contributed by atoms with Gasteiger partial charge in [0.25, 0.3) is 0 Å². The number of thiophene rings is 1. The molecule has 45 heavy (non-hydrogen) atoms. The van der Waals surface area contributed by atoms with Gasteiger partial charge in [-0.15, -0.1) is 23.7 Å². The van der Waals surface area contributed by atoms with Crippen molar-refractivity contribution in [3.8, 4) is 17.0 Å². The third-order valence-corrected chi connectivity index (χ3v) is 8.40. The van der Waals surface area contributed by atoms with Crippen molar-refractivity contribution in [1.29, 1.82) is 0 Å². The predicted octanol–water partition coefficient (Wildman–Crippen LogP) is 8.43. The lowest BCUT2D eigenvalue weighted by Crippen LogP contribution is -2.40. The normalized spacial score (nSPS) is 17.2. The van der Waals surface area contributed by atoms with Crippen LogP contribution in [0.4, 0.5) is 13.2 Å². The summed E-state index contributed by atoms with van der Waals surface area (Å²) in [5.41, 5.74) is 7.85. The molecule has 0 radical (unpaired) electrons. The molecule has 0 aliphatic carbocycles. The molecule has 1 unspecified atom stereocenters. The molecule has 0 bridgehead atoms. The highest BCUT2D eigenvalue weighted by molar-refractivity contribution is 7.18. The van der Waals surface area contributed by atoms with Crippen molar-refractivity contribution < 1.29 is 32.5 Å². The first-order valence-corrected chi connectivity index (χ1v) is 15.0. The number of carbonyl (C=O) groups is 1. The van der Waals surface area contributed by atoms with Crippen LogP contribution >= 0.6 is 35.3 Å². The van der Waals surface area contributed by atoms with E-state index in [1.165, 1.54) is 35.9 Å². The van der Waals surface area contributed by atoms with Crippen LogP contribution in [0, 0.1) is 0 Å². The van der Waals surface area contributed by atoms with E-state index in [1.807, 2.05) is 33.8 Å². The highest BCUT2D eigenvalue weighted by Crippen LogP contribution is 2.46. The Morgan fingerprint density at radius 3 is 2.44 bits per heavy atom. The molecular weight excluding hydrogens is 650 g/mol. The van der Waals surface area contributed by atoms with Crippen molar-refractivity contribution in [3.05, 3.63) is 82.0 Å². The number of nitrogens with zero attached hydrogens (tertiary/aromatic N) is 2. The smallest absolute Gasteiger partial charge is 0.429 e. The van der Waals surface area contributed by atoms with Crippen LogP contribution in [0.1, 0.15) is 56.9 Å². The summed E-state index contributed by atoms with van der Waals surface area (Å²) in [6, 6.07) is 10.4. The highest BCUT2D eigenvalue weighted by atomic mass is 35.5. The van der Waals surface area contributed by atoms with Crippen LogP contribution in [0.15, 0.2) is 60.2 Å². The maximum atomic E-state index is 14.8. The van der Waals surface area contributed by atoms with Crippen molar-refractivity contribution in [1.82, 2.24) is 9.97 Å². The van der Waals surface area contributed by atoms with Gasteiger partial charge in [0, 0.05) is 28.0 Å². The average Bonchev–Trinajstić information content (AvgIpc) is 3.35. The van der Waals surface area contributed by atoms with E-state index >= 15 is 0 Å². The monoisotopic (exact) mass is 681 g/mol. The molecule has 0 saturated heterocycles. The molecule has 2 aromatic heterocycles. The Balaban J connectivity index is 0.00000461. The topological polar surface area (TPSA) is 108 Å². The van der Waals surface area contributed by atoms with Crippen LogP contribution in [0.25, 0.3) is 26.9 Å². The summed E-state index contributed by atoms with van der Waals surface area (Å²) in [5.74, 6) is -1.29. The number of aliphatic carboxylic acids is 1. The van der Waals surface area contributed by atoms with Crippen molar-refractivity contribution in [3.63, 3.8) is 0 Å². The molecule has 13 heteroatoms. The van der Waals surface area contributed by atoms with Crippen LogP contribution < -0.4 is 10.5 Å². The van der Waals surface area contributed by atoms with E-state index in [0.717, 1.165) is 11.1 Å². The number of halogens is 5. The van der Waals surface area contributed by atoms with E-state index < -0.39 is 35.5 Å². The van der Waals surface area contributed by atoms with E-state index in [0.29, 0.717) is 38.4 Å². The number of benzene rings is 2. The standard InChI is InChI=1S/C32H31ClF3N3O4S.ClH/c1-30(2)13-19(14-31(3,4)43-30)22-12-20(33)9-10-21(22)27(32(34,35)36)42-28-26-25(38-16-39-28)23(15-44-26)18-7-5-17(6-8-18)11-24(37)29(40)41;/h5-10,12-13,15-16,24,27H,11,14,37H2,1-4H3,(H,40,41);1H/t24?,27-;/m1./s1. The predicted molar refractivity (Wildman–Crippen MR) is 172 cm³/mol. The largest absolute Gasteiger partial charge is 0.480 e. The fourth-order valence-electron chi connectivity index (χ4n) is 5.61. The summed E-state index contributed by atoms with van der Waals surface area (Å²) in [4.78, 5) is 19.6. The summed E-state index contributed by atoms with van der Waals surface area (Å²) >= 11 is 7.48. The number of aromatic nitrogens is 2. The Morgan fingerprint density at radius 1 is 1.13 bits per heavy atom. The van der Waals surface area contributed by atoms with Gasteiger partial charge in [0.2, 0.25) is 12.0 Å². The number of fused-ring (bicyclic) bond motifs is 1. The molecule has 2 atom stereocenters. The molecule has 4 aromatic rings. The molecule has 5 rings (SSSR count). The fourth-order valence-corrected chi connectivity index (χ4v) is 6.74. The van der Waals surface area contributed by atoms with E-state index in [-0.39, 0.29) is 30.3 Å². The zero-order valence-corrected chi connectivity index (χ0v) is 27.2. The van der Waals surface area contributed by atoms with Gasteiger partial charge in [-0.05, 0) is 74.6 Å². The Bertz CT molecular complexity index is 1740. The minimum atomic E-state index is -4.79. The zero-order chi connectivity index (χ0) is 32.0. The van der Waals surface area contributed by atoms with Crippen LogP contribution in [-0.2, 0) is 16.0 Å². The van der Waals surface area contributed by atoms with Crippen LogP contribution in [-0.4, -0.2) is 44.5 Å². The summed E-state index contributed by atoms with van der Waals surface area (Å²) in [6.07, 6.45) is -3.59. The van der Waals surface area contributed by atoms with E-state index in [4.69, 9.17) is 31.9 Å². The number of carboxylic acids is 1. The van der Waals surface area contributed by atoms with E-state index in [1.54, 1.807) is 29.6 Å². The lowest BCUT2D eigenvalue weighted by Gasteiger charge is -2.40. The van der Waals surface area contributed by atoms with Gasteiger partial charge in [0.05, 0.1) is 16.7 Å². The second-order valence-electron chi connectivity index (χ2n) is 11.9. The molecule has 1 aliphatic heterocycles. The van der Waals surface area contributed by atoms with Gasteiger partial charge >= 0.3 is 12.1 Å². The molecule has 2 aromatic carbocycles. The molecule has 7 nitrogen and oxygen atoms in total. The highest BCUT2D eigenvalue weighted by Gasteiger charge is 2.46. The number of carboxylic acid groups (broad SMARTS) is 1. The second kappa shape index (κ2) is 12.9. The Hall–Kier alpha value is -3.22. The van der Waals surface area contributed by atoms with Crippen molar-refractivity contribution >= 4 is 57.1 Å². The number of hydrogen-bond acceptors (Lipinski definition) is 7. The quantitative estimate of drug-likeness (QED) is 0.192. The zero-order valence-electron chi connectivity index (χ0n) is 24.8. The average molecular weight is 683 g/mol. The first-order valence-electron chi connectivity index (χ1n) is 13.8. The van der Waals surface area contributed by atoms with Crippen LogP contribution in [0.5, 0.6) is 5.88 Å². The number of hydrogen-bond donors (Lipinski definition) is 2. The number of alkyl halides is 3. The molecule has 0 amide bonds. The van der Waals surface area contributed by atoms with E-state index in [9.17, 15) is 18.0 Å². The summed E-state index contributed by atoms with van der Waals surface area (Å²) < 4.78 is 56.6. The summed E-state index contributed by atoms with van der Waals surface area (Å²) in [6.45, 7) is 7.52. The number of ether oxygens (including phenoxy) is 2. The Kier molecular flexibility index (Phi) is 9.92. The van der Waals surface area contributed by atoms with Gasteiger partial charge in [-0.3, -0.25) is 4.79 Å². The molecule has 0 fully saturated rings. The van der Waals surface area contributed by atoms with Crippen LogP contribution in [0.3, 0.4) is 0 Å². The molecule has 3 heterocycles. The molecular formula is C32H32Cl2F3N3O4S. The number of rotatable bonds is 8. The Labute approximate surface area is 273 Å². The van der Waals surface area contributed by atoms with Gasteiger partial charge in [-0.1, -0.05) is 41.9 Å². The van der Waals surface area contributed by atoms with Gasteiger partial charge in [0.15, 0.2) is 0 Å². The lowest BCUT2D eigenvalue weighted by atomic mass is 9.83. The van der Waals surface area contributed by atoms with Crippen molar-refractivity contribution in [2.75, 3.05) is 0 Å². The van der Waals surface area contributed by atoms with Gasteiger partial charge < -0.3 is 20.3 Å². The van der Waals surface area contributed by atoms with Gasteiger partial charge in [0.1, 0.15) is 17.1 Å². The third-order valence-electron chi connectivity index (χ3n) is 7.21. The molecule has 1 aliphatic rings.